The van der Waals surface area contributed by atoms with Crippen molar-refractivity contribution in [2.24, 2.45) is 0 Å². The van der Waals surface area contributed by atoms with Crippen LogP contribution < -0.4 is 10.9 Å². The number of amides is 1. The molecule has 4 rings (SSSR count). The van der Waals surface area contributed by atoms with Crippen molar-refractivity contribution >= 4 is 34.3 Å². The fourth-order valence-electron chi connectivity index (χ4n) is 3.39. The monoisotopic (exact) mass is 371 g/mol. The number of benzene rings is 1. The highest BCUT2D eigenvalue weighted by Gasteiger charge is 2.25. The molecule has 136 valence electrons. The first-order chi connectivity index (χ1) is 12.7. The van der Waals surface area contributed by atoms with Gasteiger partial charge in [-0.3, -0.25) is 18.6 Å². The summed E-state index contributed by atoms with van der Waals surface area (Å²) in [7, 11) is 0. The Morgan fingerprint density at radius 1 is 1.23 bits per heavy atom. The third kappa shape index (κ3) is 2.88. The molecule has 0 bridgehead atoms. The zero-order valence-corrected chi connectivity index (χ0v) is 15.5. The second kappa shape index (κ2) is 7.11. The van der Waals surface area contributed by atoms with E-state index in [1.165, 1.54) is 11.8 Å². The second-order valence-electron chi connectivity index (χ2n) is 6.49. The Kier molecular flexibility index (Phi) is 4.67. The lowest BCUT2D eigenvalue weighted by Gasteiger charge is -2.13. The molecule has 0 saturated carbocycles. The topological polar surface area (TPSA) is 81.3 Å². The van der Waals surface area contributed by atoms with Crippen molar-refractivity contribution in [1.29, 1.82) is 0 Å². The number of nitrogens with one attached hydrogen (secondary N) is 1. The number of rotatable bonds is 4. The molecular formula is C18H21N5O2S. The van der Waals surface area contributed by atoms with E-state index in [4.69, 9.17) is 0 Å². The molecule has 0 aliphatic carbocycles. The maximum atomic E-state index is 12.8. The van der Waals surface area contributed by atoms with Crippen LogP contribution in [-0.2, 0) is 11.3 Å². The highest BCUT2D eigenvalue weighted by atomic mass is 32.2. The molecule has 1 aromatic carbocycles. The van der Waals surface area contributed by atoms with Gasteiger partial charge in [0.2, 0.25) is 11.7 Å². The predicted octanol–water partition coefficient (Wildman–Crippen LogP) is 2.21. The Bertz CT molecular complexity index is 1030. The maximum Gasteiger partial charge on any atom is 0.262 e. The van der Waals surface area contributed by atoms with Gasteiger partial charge in [0.1, 0.15) is 0 Å². The lowest BCUT2D eigenvalue weighted by Crippen LogP contribution is -2.30. The van der Waals surface area contributed by atoms with E-state index >= 15 is 0 Å². The summed E-state index contributed by atoms with van der Waals surface area (Å²) in [5, 5.41) is 12.7. The number of hydrogen-bond donors (Lipinski definition) is 1. The Hall–Kier alpha value is -2.35. The van der Waals surface area contributed by atoms with Gasteiger partial charge in [-0.15, -0.1) is 10.2 Å². The van der Waals surface area contributed by atoms with E-state index in [0.717, 1.165) is 37.7 Å². The zero-order valence-electron chi connectivity index (χ0n) is 14.6. The number of carbonyl (C=O) groups excluding carboxylic acids is 1. The van der Waals surface area contributed by atoms with Crippen LogP contribution in [0.1, 0.15) is 32.6 Å². The molecule has 8 heteroatoms. The Morgan fingerprint density at radius 3 is 2.92 bits per heavy atom. The summed E-state index contributed by atoms with van der Waals surface area (Å²) in [5.74, 6) is 0.586. The number of nitrogens with zero attached hydrogens (tertiary/aromatic N) is 4. The van der Waals surface area contributed by atoms with Crippen LogP contribution in [0.2, 0.25) is 0 Å². The van der Waals surface area contributed by atoms with Crippen molar-refractivity contribution in [3.8, 4) is 0 Å². The minimum Gasteiger partial charge on any atom is -0.355 e. The molecule has 1 fully saturated rings. The number of hydrogen-bond acceptors (Lipinski definition) is 5. The van der Waals surface area contributed by atoms with Crippen LogP contribution in [0.5, 0.6) is 0 Å². The molecule has 1 atom stereocenters. The van der Waals surface area contributed by atoms with E-state index in [0.29, 0.717) is 22.9 Å². The second-order valence-corrected chi connectivity index (χ2v) is 7.66. The van der Waals surface area contributed by atoms with Crippen LogP contribution in [0.15, 0.2) is 34.2 Å². The molecule has 1 N–H and O–H groups in total. The normalized spacial score (nSPS) is 18.2. The number of thioether (sulfide) groups is 1. The van der Waals surface area contributed by atoms with Crippen molar-refractivity contribution in [2.75, 3.05) is 6.54 Å². The quantitative estimate of drug-likeness (QED) is 0.760. The van der Waals surface area contributed by atoms with E-state index in [2.05, 4.69) is 15.5 Å². The fraction of sp³-hybridized carbons (Fsp3) is 0.444. The molecule has 0 spiro atoms. The average molecular weight is 371 g/mol. The molecule has 1 unspecified atom stereocenters. The van der Waals surface area contributed by atoms with Gasteiger partial charge in [-0.2, -0.15) is 0 Å². The highest BCUT2D eigenvalue weighted by Crippen LogP contribution is 2.28. The number of aromatic nitrogens is 4. The van der Waals surface area contributed by atoms with Crippen molar-refractivity contribution in [3.63, 3.8) is 0 Å². The van der Waals surface area contributed by atoms with Gasteiger partial charge in [0.05, 0.1) is 16.2 Å². The van der Waals surface area contributed by atoms with Gasteiger partial charge in [0, 0.05) is 13.1 Å². The van der Waals surface area contributed by atoms with Gasteiger partial charge in [-0.1, -0.05) is 37.2 Å². The summed E-state index contributed by atoms with van der Waals surface area (Å²) in [6.45, 7) is 3.34. The Morgan fingerprint density at radius 2 is 2.08 bits per heavy atom. The maximum absolute atomic E-state index is 12.8. The molecule has 2 aromatic heterocycles. The van der Waals surface area contributed by atoms with Crippen LogP contribution in [0.3, 0.4) is 0 Å². The lowest BCUT2D eigenvalue weighted by atomic mass is 10.2. The van der Waals surface area contributed by atoms with Crippen LogP contribution in [-0.4, -0.2) is 36.9 Å². The zero-order chi connectivity index (χ0) is 18.1. The summed E-state index contributed by atoms with van der Waals surface area (Å²) >= 11 is 1.43. The molecule has 1 amide bonds. The van der Waals surface area contributed by atoms with Crippen LogP contribution in [0.25, 0.3) is 16.7 Å². The van der Waals surface area contributed by atoms with E-state index in [-0.39, 0.29) is 16.7 Å². The minimum absolute atomic E-state index is 0.0499. The standard InChI is InChI=1S/C18H21N5O2S/c1-2-11-22-16(25)12-7-3-4-8-13(12)23-17(22)20-21-18(23)26-14-9-5-6-10-19-15(14)24/h3-4,7-8,14H,2,5-6,9-11H2,1H3,(H,19,24). The largest absolute Gasteiger partial charge is 0.355 e. The first-order valence-corrected chi connectivity index (χ1v) is 9.89. The summed E-state index contributed by atoms with van der Waals surface area (Å²) in [6.07, 6.45) is 3.66. The Balaban J connectivity index is 1.89. The number of aryl methyl sites for hydroxylation is 1. The fourth-order valence-corrected chi connectivity index (χ4v) is 4.49. The van der Waals surface area contributed by atoms with Crippen molar-refractivity contribution in [3.05, 3.63) is 34.6 Å². The number of para-hydroxylation sites is 1. The lowest BCUT2D eigenvalue weighted by molar-refractivity contribution is -0.120. The van der Waals surface area contributed by atoms with Gasteiger partial charge in [-0.25, -0.2) is 0 Å². The third-order valence-electron chi connectivity index (χ3n) is 4.66. The van der Waals surface area contributed by atoms with Crippen molar-refractivity contribution in [2.45, 2.75) is 49.6 Å². The third-order valence-corrected chi connectivity index (χ3v) is 5.87. The first kappa shape index (κ1) is 17.1. The summed E-state index contributed by atoms with van der Waals surface area (Å²) in [6, 6.07) is 7.50. The molecule has 3 heterocycles. The van der Waals surface area contributed by atoms with Crippen molar-refractivity contribution < 1.29 is 4.79 Å². The van der Waals surface area contributed by atoms with E-state index in [9.17, 15) is 9.59 Å². The van der Waals surface area contributed by atoms with Crippen LogP contribution in [0.4, 0.5) is 0 Å². The summed E-state index contributed by atoms with van der Waals surface area (Å²) < 4.78 is 3.59. The molecule has 0 radical (unpaired) electrons. The number of fused-ring (bicyclic) bond motifs is 3. The Labute approximate surface area is 154 Å². The van der Waals surface area contributed by atoms with E-state index in [1.807, 2.05) is 35.6 Å². The van der Waals surface area contributed by atoms with E-state index in [1.54, 1.807) is 4.57 Å². The smallest absolute Gasteiger partial charge is 0.262 e. The molecule has 26 heavy (non-hydrogen) atoms. The van der Waals surface area contributed by atoms with Crippen LogP contribution >= 0.6 is 11.8 Å². The molecule has 3 aromatic rings. The molecule has 7 nitrogen and oxygen atoms in total. The van der Waals surface area contributed by atoms with Gasteiger partial charge >= 0.3 is 0 Å². The average Bonchev–Trinajstić information content (AvgIpc) is 2.96. The summed E-state index contributed by atoms with van der Waals surface area (Å²) in [4.78, 5) is 25.2. The van der Waals surface area contributed by atoms with E-state index < -0.39 is 0 Å². The molecule has 1 aliphatic heterocycles. The SMILES string of the molecule is CCCn1c(=O)c2ccccc2n2c(SC3CCCCNC3=O)nnc12. The van der Waals surface area contributed by atoms with Gasteiger partial charge in [-0.05, 0) is 31.4 Å². The van der Waals surface area contributed by atoms with Crippen molar-refractivity contribution in [1.82, 2.24) is 24.5 Å². The van der Waals surface area contributed by atoms with Gasteiger partial charge < -0.3 is 5.32 Å². The summed E-state index contributed by atoms with van der Waals surface area (Å²) in [5.41, 5.74) is 0.729. The number of carbonyl (C=O) groups is 1. The highest BCUT2D eigenvalue weighted by molar-refractivity contribution is 8.00. The molecule has 1 saturated heterocycles. The molecule has 1 aliphatic rings. The van der Waals surface area contributed by atoms with Gasteiger partial charge in [0.25, 0.3) is 5.56 Å². The first-order valence-electron chi connectivity index (χ1n) is 9.01. The molecular weight excluding hydrogens is 350 g/mol. The predicted molar refractivity (Wildman–Crippen MR) is 102 cm³/mol. The minimum atomic E-state index is -0.185. The van der Waals surface area contributed by atoms with Crippen LogP contribution in [0, 0.1) is 0 Å². The van der Waals surface area contributed by atoms with Gasteiger partial charge in [0.15, 0.2) is 5.16 Å².